The molecule has 1 spiro atoms. The van der Waals surface area contributed by atoms with E-state index in [0.717, 1.165) is 18.6 Å². The minimum Gasteiger partial charge on any atom is -0.461 e. The number of hydrogen-bond acceptors (Lipinski definition) is 6. The van der Waals surface area contributed by atoms with Gasteiger partial charge in [0.2, 0.25) is 0 Å². The zero-order valence-corrected chi connectivity index (χ0v) is 16.7. The highest BCUT2D eigenvalue weighted by molar-refractivity contribution is 6.12. The third-order valence-corrected chi connectivity index (χ3v) is 4.34. The van der Waals surface area contributed by atoms with Crippen molar-refractivity contribution in [3.05, 3.63) is 11.3 Å². The second-order valence-corrected chi connectivity index (χ2v) is 8.30. The van der Waals surface area contributed by atoms with Crippen molar-refractivity contribution in [1.82, 2.24) is 4.90 Å². The fourth-order valence-electron chi connectivity index (χ4n) is 3.10. The van der Waals surface area contributed by atoms with Crippen LogP contribution >= 0.6 is 0 Å². The average molecular weight is 365 g/mol. The van der Waals surface area contributed by atoms with Gasteiger partial charge in [0.1, 0.15) is 11.3 Å². The summed E-state index contributed by atoms with van der Waals surface area (Å²) in [7, 11) is 0. The largest absolute Gasteiger partial charge is 0.461 e. The first-order valence-corrected chi connectivity index (χ1v) is 9.21. The number of rotatable bonds is 3. The third-order valence-electron chi connectivity index (χ3n) is 4.34. The van der Waals surface area contributed by atoms with E-state index in [-0.39, 0.29) is 30.3 Å². The van der Waals surface area contributed by atoms with E-state index in [2.05, 4.69) is 0 Å². The van der Waals surface area contributed by atoms with E-state index in [4.69, 9.17) is 20.2 Å². The predicted octanol–water partition coefficient (Wildman–Crippen LogP) is 2.64. The van der Waals surface area contributed by atoms with E-state index < -0.39 is 17.7 Å². The number of esters is 1. The lowest BCUT2D eigenvalue weighted by Crippen LogP contribution is -2.49. The maximum Gasteiger partial charge on any atom is 0.410 e. The molecular weight excluding hydrogens is 334 g/mol. The van der Waals surface area contributed by atoms with Crippen LogP contribution in [0.1, 0.15) is 54.4 Å². The molecule has 7 nitrogen and oxygen atoms in total. The standard InChI is InChI=1S/C19H31N3O4/c1-7-25-16(23)14(20)13-10-22(17(24)26-18(4,5)6)11-19(8-9-19)15(13)21-12(2)3/h12H,7-11,20H2,1-6H3/b14-13-,21-15?. The molecule has 0 aromatic rings. The number of hydrogen-bond donors (Lipinski definition) is 1. The first kappa shape index (κ1) is 20.3. The molecule has 7 heteroatoms. The minimum atomic E-state index is -0.587. The number of ether oxygens (including phenoxy) is 2. The molecule has 2 rings (SSSR count). The molecule has 2 N–H and O–H groups in total. The summed E-state index contributed by atoms with van der Waals surface area (Å²) in [6, 6.07) is 0.0700. The van der Waals surface area contributed by atoms with Crippen LogP contribution in [-0.2, 0) is 14.3 Å². The zero-order chi connectivity index (χ0) is 19.7. The van der Waals surface area contributed by atoms with E-state index in [0.29, 0.717) is 12.1 Å². The Bertz CT molecular complexity index is 640. The van der Waals surface area contributed by atoms with Crippen molar-refractivity contribution in [2.75, 3.05) is 19.7 Å². The summed E-state index contributed by atoms with van der Waals surface area (Å²) in [6.45, 7) is 12.2. The molecule has 1 aliphatic carbocycles. The van der Waals surface area contributed by atoms with Gasteiger partial charge in [0.15, 0.2) is 0 Å². The molecule has 1 amide bonds. The molecule has 26 heavy (non-hydrogen) atoms. The van der Waals surface area contributed by atoms with E-state index in [9.17, 15) is 9.59 Å². The van der Waals surface area contributed by atoms with Gasteiger partial charge in [-0.3, -0.25) is 4.99 Å². The normalized spacial score (nSPS) is 22.6. The highest BCUT2D eigenvalue weighted by Gasteiger charge is 2.54. The maximum atomic E-state index is 12.6. The van der Waals surface area contributed by atoms with Crippen LogP contribution in [0.25, 0.3) is 0 Å². The monoisotopic (exact) mass is 365 g/mol. The van der Waals surface area contributed by atoms with E-state index in [1.165, 1.54) is 0 Å². The van der Waals surface area contributed by atoms with Crippen LogP contribution in [0.2, 0.25) is 0 Å². The smallest absolute Gasteiger partial charge is 0.410 e. The number of nitrogens with two attached hydrogens (primary N) is 1. The molecule has 0 unspecified atom stereocenters. The number of piperidine rings is 1. The topological polar surface area (TPSA) is 94.2 Å². The Labute approximate surface area is 155 Å². The Morgan fingerprint density at radius 2 is 1.92 bits per heavy atom. The molecule has 0 bridgehead atoms. The van der Waals surface area contributed by atoms with Crippen molar-refractivity contribution < 1.29 is 19.1 Å². The predicted molar refractivity (Wildman–Crippen MR) is 99.9 cm³/mol. The first-order chi connectivity index (χ1) is 12.0. The van der Waals surface area contributed by atoms with Crippen LogP contribution in [0.5, 0.6) is 0 Å². The second-order valence-electron chi connectivity index (χ2n) is 8.30. The molecule has 1 saturated carbocycles. The fraction of sp³-hybridized carbons (Fsp3) is 0.737. The highest BCUT2D eigenvalue weighted by atomic mass is 16.6. The summed E-state index contributed by atoms with van der Waals surface area (Å²) in [6.07, 6.45) is 1.43. The molecule has 1 heterocycles. The molecule has 2 aliphatic rings. The zero-order valence-electron chi connectivity index (χ0n) is 16.7. The van der Waals surface area contributed by atoms with E-state index >= 15 is 0 Å². The highest BCUT2D eigenvalue weighted by Crippen LogP contribution is 2.52. The Hall–Kier alpha value is -2.05. The molecule has 1 saturated heterocycles. The van der Waals surface area contributed by atoms with Crippen LogP contribution < -0.4 is 5.73 Å². The van der Waals surface area contributed by atoms with Crippen molar-refractivity contribution >= 4 is 17.8 Å². The first-order valence-electron chi connectivity index (χ1n) is 9.21. The number of nitrogens with zero attached hydrogens (tertiary/aromatic N) is 2. The van der Waals surface area contributed by atoms with Crippen LogP contribution in [0.15, 0.2) is 16.3 Å². The number of likely N-dealkylation sites (tertiary alicyclic amines) is 1. The SMILES string of the molecule is CCOC(=O)/C(N)=C1\CN(C(=O)OC(C)(C)C)CC2(CC2)C1=NC(C)C. The Balaban J connectivity index is 2.41. The molecule has 0 aromatic carbocycles. The average Bonchev–Trinajstić information content (AvgIpc) is 3.26. The maximum absolute atomic E-state index is 12.6. The van der Waals surface area contributed by atoms with Crippen molar-refractivity contribution in [3.63, 3.8) is 0 Å². The van der Waals surface area contributed by atoms with E-state index in [1.54, 1.807) is 11.8 Å². The molecule has 1 aliphatic heterocycles. The van der Waals surface area contributed by atoms with Gasteiger partial charge in [0, 0.05) is 23.6 Å². The molecule has 0 atom stereocenters. The van der Waals surface area contributed by atoms with Gasteiger partial charge in [-0.15, -0.1) is 0 Å². The number of amides is 1. The van der Waals surface area contributed by atoms with Crippen molar-refractivity contribution in [1.29, 1.82) is 0 Å². The Morgan fingerprint density at radius 3 is 2.38 bits per heavy atom. The Morgan fingerprint density at radius 1 is 1.31 bits per heavy atom. The van der Waals surface area contributed by atoms with Crippen molar-refractivity contribution in [2.24, 2.45) is 16.1 Å². The summed E-state index contributed by atoms with van der Waals surface area (Å²) in [5.74, 6) is -0.569. The van der Waals surface area contributed by atoms with Crippen LogP contribution in [-0.4, -0.2) is 54.0 Å². The number of carbonyl (C=O) groups excluding carboxylic acids is 2. The molecule has 146 valence electrons. The third kappa shape index (κ3) is 4.56. The number of aliphatic imine (C=N–C) groups is 1. The number of carbonyl (C=O) groups is 2. The van der Waals surface area contributed by atoms with Gasteiger partial charge in [0.25, 0.3) is 0 Å². The quantitative estimate of drug-likeness (QED) is 0.613. The van der Waals surface area contributed by atoms with Crippen LogP contribution in [0.4, 0.5) is 4.79 Å². The van der Waals surface area contributed by atoms with Crippen molar-refractivity contribution in [2.45, 2.75) is 66.0 Å². The van der Waals surface area contributed by atoms with Gasteiger partial charge in [-0.25, -0.2) is 9.59 Å². The lowest BCUT2D eigenvalue weighted by Gasteiger charge is -2.37. The van der Waals surface area contributed by atoms with Crippen molar-refractivity contribution in [3.8, 4) is 0 Å². The summed E-state index contributed by atoms with van der Waals surface area (Å²) in [4.78, 5) is 31.2. The molecule has 0 radical (unpaired) electrons. The molecule has 0 aromatic heterocycles. The summed E-state index contributed by atoms with van der Waals surface area (Å²) < 4.78 is 10.6. The van der Waals surface area contributed by atoms with Gasteiger partial charge >= 0.3 is 12.1 Å². The van der Waals surface area contributed by atoms with Crippen LogP contribution in [0, 0.1) is 5.41 Å². The van der Waals surface area contributed by atoms with Gasteiger partial charge < -0.3 is 20.1 Å². The van der Waals surface area contributed by atoms with Gasteiger partial charge in [0.05, 0.1) is 18.9 Å². The van der Waals surface area contributed by atoms with Gasteiger partial charge in [-0.1, -0.05) is 0 Å². The fourth-order valence-corrected chi connectivity index (χ4v) is 3.10. The van der Waals surface area contributed by atoms with Crippen LogP contribution in [0.3, 0.4) is 0 Å². The molecular formula is C19H31N3O4. The van der Waals surface area contributed by atoms with E-state index in [1.807, 2.05) is 34.6 Å². The second kappa shape index (κ2) is 7.29. The van der Waals surface area contributed by atoms with Gasteiger partial charge in [-0.2, -0.15) is 0 Å². The lowest BCUT2D eigenvalue weighted by molar-refractivity contribution is -0.138. The Kier molecular flexibility index (Phi) is 5.68. The summed E-state index contributed by atoms with van der Waals surface area (Å²) in [5.41, 5.74) is 6.78. The molecule has 2 fully saturated rings. The lowest BCUT2D eigenvalue weighted by atomic mass is 9.87. The van der Waals surface area contributed by atoms with Gasteiger partial charge in [-0.05, 0) is 54.4 Å². The minimum absolute atomic E-state index is 0.0331. The summed E-state index contributed by atoms with van der Waals surface area (Å²) in [5, 5.41) is 0. The summed E-state index contributed by atoms with van der Waals surface area (Å²) >= 11 is 0.